The van der Waals surface area contributed by atoms with Crippen LogP contribution < -0.4 is 10.1 Å². The van der Waals surface area contributed by atoms with E-state index in [-0.39, 0.29) is 6.61 Å². The standard InChI is InChI=1S/C17H23N3O2/c1-12-15(13(2)20(19-12)8-9-21)11-18-16-7-10-22-17-6-4-3-5-14(16)17/h3-6,16,18,21H,7-11H2,1-2H3. The van der Waals surface area contributed by atoms with Crippen molar-refractivity contribution in [1.29, 1.82) is 0 Å². The summed E-state index contributed by atoms with van der Waals surface area (Å²) in [7, 11) is 0. The van der Waals surface area contributed by atoms with Gasteiger partial charge in [-0.25, -0.2) is 0 Å². The molecule has 22 heavy (non-hydrogen) atoms. The summed E-state index contributed by atoms with van der Waals surface area (Å²) in [6, 6.07) is 8.52. The second-order valence-corrected chi connectivity index (χ2v) is 5.70. The number of aliphatic hydroxyl groups excluding tert-OH is 1. The SMILES string of the molecule is Cc1nn(CCO)c(C)c1CNC1CCOc2ccccc21. The predicted octanol–water partition coefficient (Wildman–Crippen LogP) is 2.11. The van der Waals surface area contributed by atoms with Gasteiger partial charge in [0.2, 0.25) is 0 Å². The van der Waals surface area contributed by atoms with Crippen LogP contribution in [0.1, 0.15) is 35.0 Å². The minimum Gasteiger partial charge on any atom is -0.493 e. The van der Waals surface area contributed by atoms with E-state index < -0.39 is 0 Å². The van der Waals surface area contributed by atoms with Gasteiger partial charge in [0, 0.05) is 35.8 Å². The molecule has 1 atom stereocenters. The fourth-order valence-electron chi connectivity index (χ4n) is 3.08. The van der Waals surface area contributed by atoms with E-state index in [1.807, 2.05) is 23.7 Å². The summed E-state index contributed by atoms with van der Waals surface area (Å²) in [6.45, 7) is 6.27. The van der Waals surface area contributed by atoms with Crippen LogP contribution >= 0.6 is 0 Å². The minimum atomic E-state index is 0.113. The monoisotopic (exact) mass is 301 g/mol. The van der Waals surface area contributed by atoms with Crippen molar-refractivity contribution < 1.29 is 9.84 Å². The topological polar surface area (TPSA) is 59.3 Å². The molecule has 118 valence electrons. The number of aromatic nitrogens is 2. The number of nitrogens with one attached hydrogen (secondary N) is 1. The van der Waals surface area contributed by atoms with Crippen molar-refractivity contribution in [3.8, 4) is 5.75 Å². The van der Waals surface area contributed by atoms with Gasteiger partial charge in [0.1, 0.15) is 5.75 Å². The van der Waals surface area contributed by atoms with E-state index >= 15 is 0 Å². The van der Waals surface area contributed by atoms with E-state index in [1.54, 1.807) is 0 Å². The summed E-state index contributed by atoms with van der Waals surface area (Å²) < 4.78 is 7.58. The summed E-state index contributed by atoms with van der Waals surface area (Å²) in [5.41, 5.74) is 4.60. The van der Waals surface area contributed by atoms with Gasteiger partial charge in [-0.2, -0.15) is 5.10 Å². The van der Waals surface area contributed by atoms with Crippen molar-refractivity contribution in [2.24, 2.45) is 0 Å². The van der Waals surface area contributed by atoms with Crippen LogP contribution in [0.2, 0.25) is 0 Å². The highest BCUT2D eigenvalue weighted by Crippen LogP contribution is 2.31. The molecule has 0 amide bonds. The number of hydrogen-bond donors (Lipinski definition) is 2. The largest absolute Gasteiger partial charge is 0.493 e. The number of rotatable bonds is 5. The van der Waals surface area contributed by atoms with Gasteiger partial charge >= 0.3 is 0 Å². The van der Waals surface area contributed by atoms with Crippen molar-refractivity contribution in [2.45, 2.75) is 39.4 Å². The first-order chi connectivity index (χ1) is 10.7. The molecule has 1 aliphatic rings. The Morgan fingerprint density at radius 1 is 1.36 bits per heavy atom. The summed E-state index contributed by atoms with van der Waals surface area (Å²) in [6.07, 6.45) is 0.972. The Morgan fingerprint density at radius 2 is 2.18 bits per heavy atom. The smallest absolute Gasteiger partial charge is 0.124 e. The Labute approximate surface area is 130 Å². The maximum Gasteiger partial charge on any atom is 0.124 e. The molecule has 1 aliphatic heterocycles. The first-order valence-electron chi connectivity index (χ1n) is 7.79. The predicted molar refractivity (Wildman–Crippen MR) is 84.9 cm³/mol. The number of hydrogen-bond acceptors (Lipinski definition) is 4. The van der Waals surface area contributed by atoms with Crippen LogP contribution in [0.3, 0.4) is 0 Å². The van der Waals surface area contributed by atoms with Crippen LogP contribution in [0, 0.1) is 13.8 Å². The average Bonchev–Trinajstić information content (AvgIpc) is 2.80. The highest BCUT2D eigenvalue weighted by Gasteiger charge is 2.21. The van der Waals surface area contributed by atoms with Gasteiger partial charge in [0.15, 0.2) is 0 Å². The molecule has 0 saturated heterocycles. The van der Waals surface area contributed by atoms with Gasteiger partial charge in [-0.05, 0) is 19.9 Å². The van der Waals surface area contributed by atoms with Gasteiger partial charge in [0.05, 0.1) is 25.5 Å². The molecule has 5 heteroatoms. The number of fused-ring (bicyclic) bond motifs is 1. The highest BCUT2D eigenvalue weighted by atomic mass is 16.5. The number of aryl methyl sites for hydroxylation is 1. The highest BCUT2D eigenvalue weighted by molar-refractivity contribution is 5.37. The van der Waals surface area contributed by atoms with Gasteiger partial charge in [-0.15, -0.1) is 0 Å². The normalized spacial score (nSPS) is 17.1. The lowest BCUT2D eigenvalue weighted by Gasteiger charge is -2.26. The van der Waals surface area contributed by atoms with Crippen molar-refractivity contribution in [2.75, 3.05) is 13.2 Å². The number of ether oxygens (including phenoxy) is 1. The van der Waals surface area contributed by atoms with E-state index in [1.165, 1.54) is 11.1 Å². The Bertz CT molecular complexity index is 651. The molecule has 2 heterocycles. The first-order valence-corrected chi connectivity index (χ1v) is 7.79. The summed E-state index contributed by atoms with van der Waals surface area (Å²) in [5, 5.41) is 17.2. The molecule has 0 saturated carbocycles. The fourth-order valence-corrected chi connectivity index (χ4v) is 3.08. The third kappa shape index (κ3) is 2.87. The molecular formula is C17H23N3O2. The molecule has 1 aromatic heterocycles. The second-order valence-electron chi connectivity index (χ2n) is 5.70. The van der Waals surface area contributed by atoms with Crippen molar-refractivity contribution >= 4 is 0 Å². The van der Waals surface area contributed by atoms with Crippen LogP contribution in [0.25, 0.3) is 0 Å². The Kier molecular flexibility index (Phi) is 4.45. The summed E-state index contributed by atoms with van der Waals surface area (Å²) in [4.78, 5) is 0. The number of nitrogens with zero attached hydrogens (tertiary/aromatic N) is 2. The number of para-hydroxylation sites is 1. The summed E-state index contributed by atoms with van der Waals surface area (Å²) >= 11 is 0. The molecule has 1 unspecified atom stereocenters. The molecule has 2 N–H and O–H groups in total. The van der Waals surface area contributed by atoms with Crippen LogP contribution in [0.4, 0.5) is 0 Å². The lowest BCUT2D eigenvalue weighted by atomic mass is 10.00. The average molecular weight is 301 g/mol. The van der Waals surface area contributed by atoms with Crippen molar-refractivity contribution in [3.05, 3.63) is 46.8 Å². The lowest BCUT2D eigenvalue weighted by Crippen LogP contribution is -2.27. The van der Waals surface area contributed by atoms with Gasteiger partial charge in [-0.1, -0.05) is 18.2 Å². The zero-order chi connectivity index (χ0) is 15.5. The first kappa shape index (κ1) is 15.1. The molecule has 0 radical (unpaired) electrons. The van der Waals surface area contributed by atoms with E-state index in [4.69, 9.17) is 9.84 Å². The molecule has 0 bridgehead atoms. The van der Waals surface area contributed by atoms with Crippen LogP contribution in [0.15, 0.2) is 24.3 Å². The fraction of sp³-hybridized carbons (Fsp3) is 0.471. The van der Waals surface area contributed by atoms with Gasteiger partial charge in [0.25, 0.3) is 0 Å². The Balaban J connectivity index is 1.74. The third-order valence-electron chi connectivity index (χ3n) is 4.33. The van der Waals surface area contributed by atoms with Crippen LogP contribution in [-0.4, -0.2) is 28.1 Å². The molecular weight excluding hydrogens is 278 g/mol. The quantitative estimate of drug-likeness (QED) is 0.888. The lowest BCUT2D eigenvalue weighted by molar-refractivity contribution is 0.252. The number of benzene rings is 1. The number of aliphatic hydroxyl groups is 1. The van der Waals surface area contributed by atoms with E-state index in [0.717, 1.165) is 36.7 Å². The zero-order valence-corrected chi connectivity index (χ0v) is 13.2. The maximum atomic E-state index is 9.10. The molecule has 1 aromatic carbocycles. The van der Waals surface area contributed by atoms with E-state index in [0.29, 0.717) is 12.6 Å². The third-order valence-corrected chi connectivity index (χ3v) is 4.33. The van der Waals surface area contributed by atoms with Crippen molar-refractivity contribution in [1.82, 2.24) is 15.1 Å². The molecule has 5 nitrogen and oxygen atoms in total. The van der Waals surface area contributed by atoms with Crippen molar-refractivity contribution in [3.63, 3.8) is 0 Å². The van der Waals surface area contributed by atoms with Gasteiger partial charge in [-0.3, -0.25) is 4.68 Å². The molecule has 3 rings (SSSR count). The van der Waals surface area contributed by atoms with E-state index in [2.05, 4.69) is 29.5 Å². The van der Waals surface area contributed by atoms with Crippen LogP contribution in [-0.2, 0) is 13.1 Å². The summed E-state index contributed by atoms with van der Waals surface area (Å²) in [5.74, 6) is 0.982. The van der Waals surface area contributed by atoms with E-state index in [9.17, 15) is 0 Å². The molecule has 0 aliphatic carbocycles. The Hall–Kier alpha value is -1.85. The minimum absolute atomic E-state index is 0.113. The molecule has 0 spiro atoms. The van der Waals surface area contributed by atoms with Crippen LogP contribution in [0.5, 0.6) is 5.75 Å². The zero-order valence-electron chi connectivity index (χ0n) is 13.2. The Morgan fingerprint density at radius 3 is 3.00 bits per heavy atom. The second kappa shape index (κ2) is 6.50. The van der Waals surface area contributed by atoms with Gasteiger partial charge < -0.3 is 15.2 Å². The maximum absolute atomic E-state index is 9.10. The molecule has 2 aromatic rings. The molecule has 0 fully saturated rings.